The molecule has 0 radical (unpaired) electrons. The monoisotopic (exact) mass is 378 g/mol. The molecule has 0 aromatic heterocycles. The van der Waals surface area contributed by atoms with Crippen molar-refractivity contribution in [1.29, 1.82) is 0 Å². The quantitative estimate of drug-likeness (QED) is 0.689. The molecule has 0 saturated carbocycles. The lowest BCUT2D eigenvalue weighted by atomic mass is 10.3. The Morgan fingerprint density at radius 1 is 1.09 bits per heavy atom. The summed E-state index contributed by atoms with van der Waals surface area (Å²) in [5.74, 6) is 0.655. The van der Waals surface area contributed by atoms with E-state index < -0.39 is 0 Å². The van der Waals surface area contributed by atoms with Crippen LogP contribution in [0.1, 0.15) is 0 Å². The van der Waals surface area contributed by atoms with Gasteiger partial charge in [-0.3, -0.25) is 4.79 Å². The Bertz CT molecular complexity index is 632. The molecule has 0 heterocycles. The van der Waals surface area contributed by atoms with Gasteiger partial charge in [-0.25, -0.2) is 0 Å². The maximum absolute atomic E-state index is 11.9. The van der Waals surface area contributed by atoms with Gasteiger partial charge in [-0.05, 0) is 52.3 Å². The third-order valence-corrected chi connectivity index (χ3v) is 3.70. The van der Waals surface area contributed by atoms with Crippen molar-refractivity contribution in [3.63, 3.8) is 0 Å². The van der Waals surface area contributed by atoms with Crippen LogP contribution in [0.3, 0.4) is 0 Å². The minimum absolute atomic E-state index is 0.114. The van der Waals surface area contributed by atoms with Crippen LogP contribution in [0.2, 0.25) is 0 Å². The van der Waals surface area contributed by atoms with Crippen molar-refractivity contribution < 1.29 is 14.3 Å². The standard InChI is InChI=1S/C17H19BrN2O3/c1-22-10-11-23-14-8-6-13(7-9-14)19-12-17(21)20-16-5-3-2-4-15(16)18/h2-9,19H,10-12H2,1H3,(H,20,21). The number of ether oxygens (including phenoxy) is 2. The van der Waals surface area contributed by atoms with Crippen molar-refractivity contribution in [2.45, 2.75) is 0 Å². The zero-order valence-corrected chi connectivity index (χ0v) is 14.4. The number of hydrogen-bond acceptors (Lipinski definition) is 4. The number of halogens is 1. The lowest BCUT2D eigenvalue weighted by molar-refractivity contribution is -0.114. The van der Waals surface area contributed by atoms with Crippen LogP contribution in [0, 0.1) is 0 Å². The van der Waals surface area contributed by atoms with Gasteiger partial charge in [0.15, 0.2) is 0 Å². The van der Waals surface area contributed by atoms with E-state index in [9.17, 15) is 4.79 Å². The Hall–Kier alpha value is -2.05. The summed E-state index contributed by atoms with van der Waals surface area (Å²) < 4.78 is 11.3. The van der Waals surface area contributed by atoms with Crippen molar-refractivity contribution in [1.82, 2.24) is 0 Å². The summed E-state index contributed by atoms with van der Waals surface area (Å²) in [5, 5.41) is 5.91. The lowest BCUT2D eigenvalue weighted by Crippen LogP contribution is -2.21. The molecule has 2 N–H and O–H groups in total. The normalized spacial score (nSPS) is 10.2. The van der Waals surface area contributed by atoms with E-state index in [1.807, 2.05) is 48.5 Å². The summed E-state index contributed by atoms with van der Waals surface area (Å²) in [6, 6.07) is 14.9. The fourth-order valence-corrected chi connectivity index (χ4v) is 2.24. The Kier molecular flexibility index (Phi) is 6.90. The number of carbonyl (C=O) groups excluding carboxylic acids is 1. The molecule has 0 aliphatic rings. The van der Waals surface area contributed by atoms with E-state index in [4.69, 9.17) is 9.47 Å². The molecule has 0 bridgehead atoms. The number of amides is 1. The van der Waals surface area contributed by atoms with E-state index in [1.54, 1.807) is 7.11 Å². The molecule has 0 aliphatic carbocycles. The highest BCUT2D eigenvalue weighted by Gasteiger charge is 2.05. The van der Waals surface area contributed by atoms with Gasteiger partial charge >= 0.3 is 0 Å². The number of benzene rings is 2. The maximum atomic E-state index is 11.9. The third-order valence-electron chi connectivity index (χ3n) is 3.01. The predicted octanol–water partition coefficient (Wildman–Crippen LogP) is 3.52. The first-order chi connectivity index (χ1) is 11.2. The second kappa shape index (κ2) is 9.17. The zero-order valence-electron chi connectivity index (χ0n) is 12.8. The van der Waals surface area contributed by atoms with Crippen LogP contribution in [-0.4, -0.2) is 32.8 Å². The number of para-hydroxylation sites is 1. The van der Waals surface area contributed by atoms with Gasteiger partial charge in [-0.2, -0.15) is 0 Å². The van der Waals surface area contributed by atoms with Crippen LogP contribution >= 0.6 is 15.9 Å². The summed E-state index contributed by atoms with van der Waals surface area (Å²) in [6.07, 6.45) is 0. The van der Waals surface area contributed by atoms with E-state index in [2.05, 4.69) is 26.6 Å². The van der Waals surface area contributed by atoms with Crippen LogP contribution in [0.4, 0.5) is 11.4 Å². The molecular formula is C17H19BrN2O3. The van der Waals surface area contributed by atoms with Crippen molar-refractivity contribution in [3.8, 4) is 5.75 Å². The van der Waals surface area contributed by atoms with Gasteiger partial charge in [0.1, 0.15) is 12.4 Å². The van der Waals surface area contributed by atoms with E-state index in [0.717, 1.165) is 21.6 Å². The molecule has 5 nitrogen and oxygen atoms in total. The summed E-state index contributed by atoms with van der Waals surface area (Å²) in [6.45, 7) is 1.25. The van der Waals surface area contributed by atoms with E-state index in [1.165, 1.54) is 0 Å². The first kappa shape index (κ1) is 17.3. The van der Waals surface area contributed by atoms with Gasteiger partial charge in [-0.1, -0.05) is 12.1 Å². The molecular weight excluding hydrogens is 360 g/mol. The molecule has 122 valence electrons. The minimum Gasteiger partial charge on any atom is -0.491 e. The van der Waals surface area contributed by atoms with Gasteiger partial charge in [0.05, 0.1) is 18.8 Å². The molecule has 0 saturated heterocycles. The van der Waals surface area contributed by atoms with Gasteiger partial charge in [0, 0.05) is 17.3 Å². The fraction of sp³-hybridized carbons (Fsp3) is 0.235. The molecule has 2 aromatic carbocycles. The average molecular weight is 379 g/mol. The second-order valence-electron chi connectivity index (χ2n) is 4.75. The Balaban J connectivity index is 1.79. The molecule has 1 amide bonds. The Labute approximate surface area is 144 Å². The summed E-state index contributed by atoms with van der Waals surface area (Å²) in [5.41, 5.74) is 1.60. The van der Waals surface area contributed by atoms with Crippen LogP contribution in [-0.2, 0) is 9.53 Å². The molecule has 6 heteroatoms. The first-order valence-electron chi connectivity index (χ1n) is 7.19. The highest BCUT2D eigenvalue weighted by Crippen LogP contribution is 2.21. The van der Waals surface area contributed by atoms with Gasteiger partial charge in [0.2, 0.25) is 5.91 Å². The smallest absolute Gasteiger partial charge is 0.243 e. The van der Waals surface area contributed by atoms with Crippen molar-refractivity contribution in [2.75, 3.05) is 37.5 Å². The summed E-state index contributed by atoms with van der Waals surface area (Å²) >= 11 is 3.40. The Morgan fingerprint density at radius 2 is 1.83 bits per heavy atom. The highest BCUT2D eigenvalue weighted by atomic mass is 79.9. The van der Waals surface area contributed by atoms with Crippen LogP contribution in [0.5, 0.6) is 5.75 Å². The molecule has 0 spiro atoms. The molecule has 0 aliphatic heterocycles. The van der Waals surface area contributed by atoms with Crippen LogP contribution in [0.25, 0.3) is 0 Å². The Morgan fingerprint density at radius 3 is 2.52 bits per heavy atom. The number of anilines is 2. The third kappa shape index (κ3) is 5.92. The lowest BCUT2D eigenvalue weighted by Gasteiger charge is -2.10. The second-order valence-corrected chi connectivity index (χ2v) is 5.60. The first-order valence-corrected chi connectivity index (χ1v) is 7.98. The topological polar surface area (TPSA) is 59.6 Å². The molecule has 0 unspecified atom stereocenters. The molecule has 2 rings (SSSR count). The largest absolute Gasteiger partial charge is 0.491 e. The van der Waals surface area contributed by atoms with E-state index in [-0.39, 0.29) is 12.5 Å². The SMILES string of the molecule is COCCOc1ccc(NCC(=O)Nc2ccccc2Br)cc1. The number of methoxy groups -OCH3 is 1. The fourth-order valence-electron chi connectivity index (χ4n) is 1.85. The number of rotatable bonds is 8. The van der Waals surface area contributed by atoms with Gasteiger partial charge < -0.3 is 20.1 Å². The van der Waals surface area contributed by atoms with Crippen molar-refractivity contribution in [2.24, 2.45) is 0 Å². The molecule has 0 fully saturated rings. The minimum atomic E-state index is -0.114. The van der Waals surface area contributed by atoms with Gasteiger partial charge in [-0.15, -0.1) is 0 Å². The van der Waals surface area contributed by atoms with E-state index in [0.29, 0.717) is 13.2 Å². The number of nitrogens with one attached hydrogen (secondary N) is 2. The maximum Gasteiger partial charge on any atom is 0.243 e. The zero-order chi connectivity index (χ0) is 16.5. The van der Waals surface area contributed by atoms with E-state index >= 15 is 0 Å². The highest BCUT2D eigenvalue weighted by molar-refractivity contribution is 9.10. The van der Waals surface area contributed by atoms with Crippen molar-refractivity contribution >= 4 is 33.2 Å². The average Bonchev–Trinajstić information content (AvgIpc) is 2.56. The van der Waals surface area contributed by atoms with Crippen LogP contribution < -0.4 is 15.4 Å². The molecule has 23 heavy (non-hydrogen) atoms. The molecule has 0 atom stereocenters. The summed E-state index contributed by atoms with van der Waals surface area (Å²) in [4.78, 5) is 11.9. The number of carbonyl (C=O) groups is 1. The van der Waals surface area contributed by atoms with Gasteiger partial charge in [0.25, 0.3) is 0 Å². The number of hydrogen-bond donors (Lipinski definition) is 2. The van der Waals surface area contributed by atoms with Crippen molar-refractivity contribution in [3.05, 3.63) is 53.0 Å². The summed E-state index contributed by atoms with van der Waals surface area (Å²) in [7, 11) is 1.63. The predicted molar refractivity (Wildman–Crippen MR) is 95.1 cm³/mol. The van der Waals surface area contributed by atoms with Crippen LogP contribution in [0.15, 0.2) is 53.0 Å². The molecule has 2 aromatic rings.